The Morgan fingerprint density at radius 2 is 2.06 bits per heavy atom. The molecule has 1 unspecified atom stereocenters. The van der Waals surface area contributed by atoms with Crippen LogP contribution >= 0.6 is 0 Å². The molecule has 162 valence electrons. The molecule has 33 heavy (non-hydrogen) atoms. The Hall–Kier alpha value is -4.65. The van der Waals surface area contributed by atoms with Gasteiger partial charge in [-0.05, 0) is 59.3 Å². The lowest BCUT2D eigenvalue weighted by Gasteiger charge is -2.16. The van der Waals surface area contributed by atoms with Gasteiger partial charge in [-0.3, -0.25) is 0 Å². The minimum atomic E-state index is -0.464. The van der Waals surface area contributed by atoms with Crippen molar-refractivity contribution in [2.75, 3.05) is 0 Å². The number of tetrazole rings is 1. The van der Waals surface area contributed by atoms with Gasteiger partial charge in [0.2, 0.25) is 0 Å². The van der Waals surface area contributed by atoms with Gasteiger partial charge in [-0.15, -0.1) is 5.10 Å². The molecule has 0 bridgehead atoms. The van der Waals surface area contributed by atoms with E-state index in [-0.39, 0.29) is 11.7 Å². The van der Waals surface area contributed by atoms with Crippen LogP contribution in [0, 0.1) is 17.1 Å². The highest BCUT2D eigenvalue weighted by molar-refractivity contribution is 5.87. The van der Waals surface area contributed by atoms with Gasteiger partial charge in [0.05, 0.1) is 30.1 Å². The van der Waals surface area contributed by atoms with Crippen LogP contribution in [0.1, 0.15) is 12.5 Å². The maximum atomic E-state index is 15.3. The minimum absolute atomic E-state index is 0.235. The summed E-state index contributed by atoms with van der Waals surface area (Å²) in [6, 6.07) is 15.6. The van der Waals surface area contributed by atoms with Crippen LogP contribution in [0.5, 0.6) is 5.75 Å². The first-order valence-corrected chi connectivity index (χ1v) is 10.1. The molecule has 0 aliphatic heterocycles. The van der Waals surface area contributed by atoms with Crippen molar-refractivity contribution < 1.29 is 9.13 Å². The molecule has 0 spiro atoms. The van der Waals surface area contributed by atoms with Crippen molar-refractivity contribution in [1.29, 1.82) is 5.26 Å². The number of hydrogen-bond donors (Lipinski definition) is 0. The molecular formula is C23H17FN8O. The Balaban J connectivity index is 1.59. The Bertz CT molecular complexity index is 1470. The highest BCUT2D eigenvalue weighted by atomic mass is 19.1. The molecule has 0 saturated carbocycles. The van der Waals surface area contributed by atoms with Gasteiger partial charge in [0.25, 0.3) is 0 Å². The van der Waals surface area contributed by atoms with Gasteiger partial charge in [-0.25, -0.2) is 18.6 Å². The maximum Gasteiger partial charge on any atom is 0.154 e. The summed E-state index contributed by atoms with van der Waals surface area (Å²) in [5, 5.41) is 25.2. The molecule has 0 amide bonds. The van der Waals surface area contributed by atoms with E-state index in [2.05, 4.69) is 31.7 Å². The second kappa shape index (κ2) is 8.47. The highest BCUT2D eigenvalue weighted by Gasteiger charge is 2.21. The lowest BCUT2D eigenvalue weighted by molar-refractivity contribution is 0.193. The summed E-state index contributed by atoms with van der Waals surface area (Å²) in [6.45, 7) is 2.34. The number of nitrogens with zero attached hydrogens (tertiary/aromatic N) is 8. The number of hydrogen-bond acceptors (Lipinski definition) is 7. The Kier molecular flexibility index (Phi) is 5.20. The second-order valence-corrected chi connectivity index (χ2v) is 7.38. The Morgan fingerprint density at radius 1 is 1.15 bits per heavy atom. The fourth-order valence-corrected chi connectivity index (χ4v) is 3.74. The van der Waals surface area contributed by atoms with Crippen LogP contribution in [0.3, 0.4) is 0 Å². The van der Waals surface area contributed by atoms with E-state index in [4.69, 9.17) is 4.74 Å². The van der Waals surface area contributed by atoms with Crippen molar-refractivity contribution in [1.82, 2.24) is 34.8 Å². The van der Waals surface area contributed by atoms with Gasteiger partial charge in [-0.2, -0.15) is 10.4 Å². The van der Waals surface area contributed by atoms with E-state index in [9.17, 15) is 5.26 Å². The van der Waals surface area contributed by atoms with Gasteiger partial charge in [-0.1, -0.05) is 12.1 Å². The molecule has 0 saturated heterocycles. The molecule has 0 radical (unpaired) electrons. The van der Waals surface area contributed by atoms with E-state index >= 15 is 4.39 Å². The zero-order valence-electron chi connectivity index (χ0n) is 17.5. The molecule has 3 aromatic heterocycles. The first-order chi connectivity index (χ1) is 16.1. The van der Waals surface area contributed by atoms with E-state index in [1.54, 1.807) is 58.0 Å². The van der Waals surface area contributed by atoms with Gasteiger partial charge in [0, 0.05) is 17.3 Å². The molecule has 0 N–H and O–H groups in total. The number of rotatable bonds is 6. The van der Waals surface area contributed by atoms with Gasteiger partial charge in [0.1, 0.15) is 24.0 Å². The fourth-order valence-electron chi connectivity index (χ4n) is 3.74. The quantitative estimate of drug-likeness (QED) is 0.398. The normalized spacial score (nSPS) is 11.9. The maximum absolute atomic E-state index is 15.3. The zero-order chi connectivity index (χ0) is 22.8. The molecule has 5 aromatic rings. The van der Waals surface area contributed by atoms with E-state index in [1.807, 2.05) is 6.92 Å². The summed E-state index contributed by atoms with van der Waals surface area (Å²) < 4.78 is 24.4. The SMILES string of the molecule is CC(Cn1cnnn1)Oc1cccc(-c2c(F)ccc(C#N)c2-c2cnc3cccnn23)c1. The van der Waals surface area contributed by atoms with Crippen molar-refractivity contribution in [2.45, 2.75) is 19.6 Å². The minimum Gasteiger partial charge on any atom is -0.489 e. The monoisotopic (exact) mass is 440 g/mol. The average Bonchev–Trinajstić information content (AvgIpc) is 3.48. The third kappa shape index (κ3) is 3.87. The van der Waals surface area contributed by atoms with Crippen LogP contribution < -0.4 is 4.74 Å². The van der Waals surface area contributed by atoms with Crippen molar-refractivity contribution >= 4 is 5.65 Å². The predicted octanol–water partition coefficient (Wildman–Crippen LogP) is 3.53. The zero-order valence-corrected chi connectivity index (χ0v) is 17.5. The molecule has 2 aromatic carbocycles. The van der Waals surface area contributed by atoms with Crippen LogP contribution in [0.2, 0.25) is 0 Å². The lowest BCUT2D eigenvalue weighted by Crippen LogP contribution is -2.20. The van der Waals surface area contributed by atoms with Crippen LogP contribution in [-0.2, 0) is 6.54 Å². The van der Waals surface area contributed by atoms with Crippen molar-refractivity contribution in [3.63, 3.8) is 0 Å². The predicted molar refractivity (Wildman–Crippen MR) is 116 cm³/mol. The average molecular weight is 440 g/mol. The molecule has 5 rings (SSSR count). The highest BCUT2D eigenvalue weighted by Crippen LogP contribution is 2.38. The number of nitriles is 1. The smallest absolute Gasteiger partial charge is 0.154 e. The first-order valence-electron chi connectivity index (χ1n) is 10.1. The van der Waals surface area contributed by atoms with Crippen LogP contribution in [0.15, 0.2) is 67.3 Å². The third-order valence-corrected chi connectivity index (χ3v) is 5.10. The summed E-state index contributed by atoms with van der Waals surface area (Å²) in [7, 11) is 0. The number of halogens is 1. The summed E-state index contributed by atoms with van der Waals surface area (Å²) in [5.74, 6) is 0.0887. The molecule has 0 aliphatic carbocycles. The first kappa shape index (κ1) is 20.3. The van der Waals surface area contributed by atoms with Crippen LogP contribution in [-0.4, -0.2) is 40.9 Å². The van der Waals surface area contributed by atoms with Gasteiger partial charge >= 0.3 is 0 Å². The van der Waals surface area contributed by atoms with Crippen molar-refractivity contribution in [3.8, 4) is 34.2 Å². The Morgan fingerprint density at radius 3 is 2.88 bits per heavy atom. The molecule has 3 heterocycles. The summed E-state index contributed by atoms with van der Waals surface area (Å²) in [4.78, 5) is 4.35. The van der Waals surface area contributed by atoms with Crippen molar-refractivity contribution in [3.05, 3.63) is 78.6 Å². The van der Waals surface area contributed by atoms with E-state index < -0.39 is 5.82 Å². The van der Waals surface area contributed by atoms with E-state index in [0.717, 1.165) is 0 Å². The third-order valence-electron chi connectivity index (χ3n) is 5.10. The van der Waals surface area contributed by atoms with E-state index in [1.165, 1.54) is 18.5 Å². The topological polar surface area (TPSA) is 107 Å². The molecule has 10 heteroatoms. The second-order valence-electron chi connectivity index (χ2n) is 7.38. The number of imidazole rings is 1. The van der Waals surface area contributed by atoms with Gasteiger partial charge in [0.15, 0.2) is 5.65 Å². The molecule has 0 aliphatic rings. The molecule has 1 atom stereocenters. The summed E-state index contributed by atoms with van der Waals surface area (Å²) in [6.07, 6.45) is 4.48. The number of ether oxygens (including phenoxy) is 1. The molecular weight excluding hydrogens is 423 g/mol. The van der Waals surface area contributed by atoms with Crippen molar-refractivity contribution in [2.24, 2.45) is 0 Å². The number of benzene rings is 2. The standard InChI is InChI=1S/C23H17FN8O/c1-15(13-31-14-27-29-30-31)33-18-5-2-4-16(10-18)22-19(24)8-7-17(11-25)23(22)20-12-26-21-6-3-9-28-32(20)21/h2-10,12,14-15H,13H2,1H3. The van der Waals surface area contributed by atoms with Gasteiger partial charge < -0.3 is 4.74 Å². The molecule has 0 fully saturated rings. The lowest BCUT2D eigenvalue weighted by atomic mass is 9.93. The number of fused-ring (bicyclic) bond motifs is 1. The summed E-state index contributed by atoms with van der Waals surface area (Å²) in [5.41, 5.74) is 2.70. The van der Waals surface area contributed by atoms with Crippen LogP contribution in [0.25, 0.3) is 28.0 Å². The van der Waals surface area contributed by atoms with E-state index in [0.29, 0.717) is 40.3 Å². The fraction of sp³-hybridized carbons (Fsp3) is 0.130. The molecule has 9 nitrogen and oxygen atoms in total. The Labute approximate surface area is 187 Å². The largest absolute Gasteiger partial charge is 0.489 e. The number of aromatic nitrogens is 7. The summed E-state index contributed by atoms with van der Waals surface area (Å²) >= 11 is 0. The van der Waals surface area contributed by atoms with Crippen LogP contribution in [0.4, 0.5) is 4.39 Å².